The number of nitrogens with two attached hydrogens (primary N) is 1. The van der Waals surface area contributed by atoms with Gasteiger partial charge in [0.25, 0.3) is 6.92 Å². The summed E-state index contributed by atoms with van der Waals surface area (Å²) in [4.78, 5) is 54.8. The average molecular weight is 439 g/mol. The molecule has 1 aromatic carbocycles. The number of nitrogens with one attached hydrogen (secondary N) is 4. The van der Waals surface area contributed by atoms with Gasteiger partial charge in [0.2, 0.25) is 17.7 Å². The quantitative estimate of drug-likeness (QED) is 0.0887. The highest BCUT2D eigenvalue weighted by atomic mass is 17.3. The largest absolute Gasteiger partial charge is 0.480 e. The van der Waals surface area contributed by atoms with Gasteiger partial charge in [-0.25, -0.2) is 0 Å². The van der Waals surface area contributed by atoms with Crippen LogP contribution in [0.4, 0.5) is 0 Å². The molecule has 8 N–H and O–H groups in total. The minimum Gasteiger partial charge on any atom is -0.480 e. The second kappa shape index (κ2) is 13.9. The molecule has 170 valence electrons. The first-order valence-corrected chi connectivity index (χ1v) is 9.28. The van der Waals surface area contributed by atoms with E-state index in [0.29, 0.717) is 5.75 Å². The summed E-state index contributed by atoms with van der Waals surface area (Å²) in [6, 6.07) is 5.82. The summed E-state index contributed by atoms with van der Waals surface area (Å²) in [5, 5.41) is 27.7. The van der Waals surface area contributed by atoms with Crippen molar-refractivity contribution in [2.75, 3.05) is 26.1 Å². The number of benzene rings is 1. The first kappa shape index (κ1) is 25.8. The number of rotatable bonds is 14. The Balaban J connectivity index is 2.55. The lowest BCUT2D eigenvalue weighted by atomic mass is 9.72. The normalized spacial score (nSPS) is 11.2. The molecule has 14 heteroatoms. The van der Waals surface area contributed by atoms with Gasteiger partial charge in [0.05, 0.1) is 19.1 Å². The van der Waals surface area contributed by atoms with Crippen molar-refractivity contribution in [1.82, 2.24) is 21.3 Å². The lowest BCUT2D eigenvalue weighted by Crippen LogP contribution is -2.50. The molecule has 31 heavy (non-hydrogen) atoms. The molecule has 1 atom stereocenters. The molecule has 0 saturated heterocycles. The number of carbonyl (C=O) groups excluding carboxylic acids is 3. The van der Waals surface area contributed by atoms with Gasteiger partial charge in [-0.1, -0.05) is 23.9 Å². The third-order valence-corrected chi connectivity index (χ3v) is 3.79. The highest BCUT2D eigenvalue weighted by Crippen LogP contribution is 2.13. The van der Waals surface area contributed by atoms with Crippen LogP contribution in [0.2, 0.25) is 6.82 Å². The van der Waals surface area contributed by atoms with Crippen molar-refractivity contribution in [3.63, 3.8) is 0 Å². The van der Waals surface area contributed by atoms with E-state index in [-0.39, 0.29) is 12.9 Å². The topological polar surface area (TPSA) is 201 Å². The van der Waals surface area contributed by atoms with E-state index in [1.807, 2.05) is 0 Å². The van der Waals surface area contributed by atoms with Gasteiger partial charge >= 0.3 is 5.97 Å². The van der Waals surface area contributed by atoms with Gasteiger partial charge in [-0.15, -0.1) is 0 Å². The zero-order chi connectivity index (χ0) is 23.2. The molecule has 3 amide bonds. The van der Waals surface area contributed by atoms with E-state index in [1.54, 1.807) is 31.1 Å². The van der Waals surface area contributed by atoms with Gasteiger partial charge in [0, 0.05) is 6.44 Å². The summed E-state index contributed by atoms with van der Waals surface area (Å²) in [7, 11) is 0. The van der Waals surface area contributed by atoms with Gasteiger partial charge in [0.15, 0.2) is 5.75 Å². The van der Waals surface area contributed by atoms with Crippen molar-refractivity contribution < 1.29 is 39.2 Å². The second-order valence-corrected chi connectivity index (χ2v) is 6.50. The van der Waals surface area contributed by atoms with Gasteiger partial charge in [0.1, 0.15) is 6.54 Å². The molecule has 0 heterocycles. The van der Waals surface area contributed by atoms with Crippen molar-refractivity contribution in [2.24, 2.45) is 5.90 Å². The number of carboxylic acids is 1. The molecule has 0 aliphatic heterocycles. The highest BCUT2D eigenvalue weighted by Gasteiger charge is 2.20. The van der Waals surface area contributed by atoms with Crippen molar-refractivity contribution in [2.45, 2.75) is 19.3 Å². The predicted molar refractivity (Wildman–Crippen MR) is 108 cm³/mol. The molecule has 13 nitrogen and oxygen atoms in total. The predicted octanol–water partition coefficient (Wildman–Crippen LogP) is -3.04. The van der Waals surface area contributed by atoms with Crippen LogP contribution in [0.3, 0.4) is 0 Å². The summed E-state index contributed by atoms with van der Waals surface area (Å²) in [5.41, 5.74) is 0.766. The summed E-state index contributed by atoms with van der Waals surface area (Å²) >= 11 is 0. The van der Waals surface area contributed by atoms with Gasteiger partial charge < -0.3 is 36.3 Å². The van der Waals surface area contributed by atoms with Crippen molar-refractivity contribution in [3.05, 3.63) is 29.8 Å². The number of carboxylic acid groups (broad SMARTS) is 1. The number of carbonyl (C=O) groups is 4. The Bertz CT molecular complexity index is 747. The van der Waals surface area contributed by atoms with Crippen LogP contribution in [0.25, 0.3) is 0 Å². The maximum atomic E-state index is 12.5. The van der Waals surface area contributed by atoms with Crippen molar-refractivity contribution in [3.8, 4) is 5.75 Å². The Hall–Kier alpha value is -3.20. The SMILES string of the molecule is CB(O)CNC(Cc1ccc(OON)cc1)C(=O)NCC(=O)NCC(=O)NCC(=O)O. The molecule has 0 aliphatic rings. The minimum atomic E-state index is -1.21. The molecular formula is C17H26BN5O8. The number of hydrogen-bond donors (Lipinski definition) is 7. The molecule has 0 aromatic heterocycles. The molecule has 1 aromatic rings. The van der Waals surface area contributed by atoms with E-state index < -0.39 is 56.3 Å². The third-order valence-electron chi connectivity index (χ3n) is 3.79. The molecule has 0 bridgehead atoms. The standard InChI is InChI=1S/C17H26BN5O8/c1-18(29)10-23-13(6-11-2-4-12(5-3-11)30-31-19)17(28)22-8-15(25)20-7-14(24)21-9-16(26)27/h2-5,13,23,29H,6-10,19H2,1H3,(H,20,25)(H,21,24)(H,22,28)(H,26,27). The summed E-state index contributed by atoms with van der Waals surface area (Å²) < 4.78 is 0. The first-order chi connectivity index (χ1) is 14.7. The summed E-state index contributed by atoms with van der Waals surface area (Å²) in [5.74, 6) is 2.19. The monoisotopic (exact) mass is 439 g/mol. The molecule has 1 rings (SSSR count). The Labute approximate surface area is 178 Å². The van der Waals surface area contributed by atoms with Crippen LogP contribution in [0.1, 0.15) is 5.56 Å². The number of aliphatic carboxylic acids is 1. The molecule has 0 radical (unpaired) electrons. The van der Waals surface area contributed by atoms with Crippen LogP contribution in [0.5, 0.6) is 5.75 Å². The van der Waals surface area contributed by atoms with E-state index >= 15 is 0 Å². The van der Waals surface area contributed by atoms with E-state index in [2.05, 4.69) is 31.1 Å². The van der Waals surface area contributed by atoms with Crippen LogP contribution < -0.4 is 32.1 Å². The smallest absolute Gasteiger partial charge is 0.322 e. The summed E-state index contributed by atoms with van der Waals surface area (Å²) in [6.45, 7) is -0.510. The van der Waals surface area contributed by atoms with Crippen LogP contribution >= 0.6 is 0 Å². The summed E-state index contributed by atoms with van der Waals surface area (Å²) in [6.07, 6.45) is 0.401. The fourth-order valence-electron chi connectivity index (χ4n) is 2.31. The molecule has 0 aliphatic carbocycles. The maximum absolute atomic E-state index is 12.5. The van der Waals surface area contributed by atoms with E-state index in [1.165, 1.54) is 0 Å². The zero-order valence-corrected chi connectivity index (χ0v) is 16.9. The molecule has 0 saturated carbocycles. The Morgan fingerprint density at radius 3 is 2.16 bits per heavy atom. The number of amides is 3. The van der Waals surface area contributed by atoms with Gasteiger partial charge in [-0.2, -0.15) is 5.90 Å². The van der Waals surface area contributed by atoms with Crippen molar-refractivity contribution >= 4 is 30.6 Å². The lowest BCUT2D eigenvalue weighted by molar-refractivity contribution is -0.211. The third kappa shape index (κ3) is 11.5. The molecule has 0 fully saturated rings. The number of hydrogen-bond acceptors (Lipinski definition) is 9. The van der Waals surface area contributed by atoms with Gasteiger partial charge in [-0.05, 0) is 24.1 Å². The maximum Gasteiger partial charge on any atom is 0.322 e. The minimum absolute atomic E-state index is 0.149. The molecular weight excluding hydrogens is 413 g/mol. The van der Waals surface area contributed by atoms with Crippen LogP contribution in [0.15, 0.2) is 24.3 Å². The van der Waals surface area contributed by atoms with E-state index in [0.717, 1.165) is 5.56 Å². The van der Waals surface area contributed by atoms with E-state index in [4.69, 9.17) is 11.0 Å². The van der Waals surface area contributed by atoms with Crippen molar-refractivity contribution in [1.29, 1.82) is 0 Å². The lowest BCUT2D eigenvalue weighted by Gasteiger charge is -2.19. The van der Waals surface area contributed by atoms with Crippen LogP contribution in [-0.2, 0) is 30.6 Å². The van der Waals surface area contributed by atoms with E-state index in [9.17, 15) is 24.2 Å². The Kier molecular flexibility index (Phi) is 11.6. The fraction of sp³-hybridized carbons (Fsp3) is 0.412. The zero-order valence-electron chi connectivity index (χ0n) is 16.9. The Morgan fingerprint density at radius 2 is 1.61 bits per heavy atom. The Morgan fingerprint density at radius 1 is 1.03 bits per heavy atom. The average Bonchev–Trinajstić information content (AvgIpc) is 2.73. The fourth-order valence-corrected chi connectivity index (χ4v) is 2.31. The first-order valence-electron chi connectivity index (χ1n) is 9.28. The van der Waals surface area contributed by atoms with Crippen LogP contribution in [0, 0.1) is 0 Å². The molecule has 0 spiro atoms. The molecule has 1 unspecified atom stereocenters. The highest BCUT2D eigenvalue weighted by molar-refractivity contribution is 6.48. The van der Waals surface area contributed by atoms with Gasteiger partial charge in [-0.3, -0.25) is 19.2 Å². The van der Waals surface area contributed by atoms with Crippen LogP contribution in [-0.4, -0.2) is 72.9 Å². The second-order valence-electron chi connectivity index (χ2n) is 6.50.